The number of ether oxygens (including phenoxy) is 2. The number of carbonyl (C=O) groups excluding carboxylic acids is 3. The predicted octanol–water partition coefficient (Wildman–Crippen LogP) is 9.46. The normalized spacial score (nSPS) is 18.8. The van der Waals surface area contributed by atoms with Crippen LogP contribution in [0.5, 0.6) is 0 Å². The molecule has 1 fully saturated rings. The second-order valence-corrected chi connectivity index (χ2v) is 17.2. The lowest BCUT2D eigenvalue weighted by Crippen LogP contribution is -2.29. The predicted molar refractivity (Wildman–Crippen MR) is 213 cm³/mol. The van der Waals surface area contributed by atoms with E-state index in [1.54, 1.807) is 12.2 Å². The zero-order chi connectivity index (χ0) is 40.0. The molecule has 0 radical (unpaired) electrons. The summed E-state index contributed by atoms with van der Waals surface area (Å²) in [6.45, 7) is 5.72. The van der Waals surface area contributed by atoms with Crippen molar-refractivity contribution >= 4 is 25.5 Å². The van der Waals surface area contributed by atoms with E-state index in [0.717, 1.165) is 63.7 Å². The third-order valence-electron chi connectivity index (χ3n) is 10.4. The second-order valence-electron chi connectivity index (χ2n) is 15.9. The van der Waals surface area contributed by atoms with Gasteiger partial charge in [-0.2, -0.15) is 0 Å². The molecule has 12 heteroatoms. The molecule has 0 aromatic heterocycles. The molecule has 4 N–H and O–H groups in total. The Morgan fingerprint density at radius 3 is 1.83 bits per heavy atom. The van der Waals surface area contributed by atoms with Gasteiger partial charge >= 0.3 is 19.8 Å². The molecule has 0 aromatic carbocycles. The van der Waals surface area contributed by atoms with Gasteiger partial charge in [0.05, 0.1) is 18.8 Å². The van der Waals surface area contributed by atoms with E-state index in [-0.39, 0.29) is 43.5 Å². The second kappa shape index (κ2) is 31.5. The van der Waals surface area contributed by atoms with Crippen LogP contribution in [0, 0.1) is 17.8 Å². The standard InChI is InChI=1S/C42H77O11P/c1-4-5-19-25-35(43)29-30-38-37(39(44)31-40(38)45)26-21-17-18-22-27-41(46)51-32-36(33-52-54(48,49)50)53-42(47)28-23-16-14-12-10-8-6-7-9-11-13-15-20-24-34(2)3/h29-30,34-39,43-44H,4-28,31-33H2,1-3H3,(H2,48,49,50)/b30-29+/t35-,36+,37+,38+,39-/m0/s1. The third-order valence-corrected chi connectivity index (χ3v) is 10.9. The molecule has 0 heterocycles. The minimum atomic E-state index is -4.81. The molecule has 0 saturated heterocycles. The number of allylic oxidation sites excluding steroid dienone is 1. The Morgan fingerprint density at radius 1 is 0.759 bits per heavy atom. The summed E-state index contributed by atoms with van der Waals surface area (Å²) in [5.74, 6) is -0.791. The average Bonchev–Trinajstić information content (AvgIpc) is 3.38. The van der Waals surface area contributed by atoms with Crippen LogP contribution in [0.2, 0.25) is 0 Å². The topological polar surface area (TPSA) is 177 Å². The Morgan fingerprint density at radius 2 is 1.28 bits per heavy atom. The number of hydrogen-bond acceptors (Lipinski definition) is 9. The van der Waals surface area contributed by atoms with Gasteiger partial charge < -0.3 is 29.5 Å². The highest BCUT2D eigenvalue weighted by Crippen LogP contribution is 2.36. The van der Waals surface area contributed by atoms with Crippen LogP contribution < -0.4 is 0 Å². The summed E-state index contributed by atoms with van der Waals surface area (Å²) in [6.07, 6.45) is 25.6. The number of esters is 2. The molecular weight excluding hydrogens is 711 g/mol. The molecule has 1 saturated carbocycles. The number of phosphoric ester groups is 1. The molecule has 316 valence electrons. The molecule has 0 unspecified atom stereocenters. The first-order valence-corrected chi connectivity index (χ1v) is 23.0. The zero-order valence-corrected chi connectivity index (χ0v) is 34.9. The highest BCUT2D eigenvalue weighted by atomic mass is 31.2. The van der Waals surface area contributed by atoms with Crippen LogP contribution in [-0.2, 0) is 32.9 Å². The van der Waals surface area contributed by atoms with E-state index in [1.165, 1.54) is 64.2 Å². The molecule has 1 aliphatic rings. The largest absolute Gasteiger partial charge is 0.469 e. The van der Waals surface area contributed by atoms with Crippen molar-refractivity contribution < 1.29 is 52.9 Å². The summed E-state index contributed by atoms with van der Waals surface area (Å²) in [5.41, 5.74) is 0. The van der Waals surface area contributed by atoms with Crippen LogP contribution in [0.1, 0.15) is 188 Å². The Labute approximate surface area is 327 Å². The van der Waals surface area contributed by atoms with E-state index in [4.69, 9.17) is 19.3 Å². The van der Waals surface area contributed by atoms with Crippen molar-refractivity contribution in [3.05, 3.63) is 12.2 Å². The van der Waals surface area contributed by atoms with Gasteiger partial charge in [0.25, 0.3) is 0 Å². The molecule has 0 bridgehead atoms. The van der Waals surface area contributed by atoms with Gasteiger partial charge in [0, 0.05) is 25.2 Å². The van der Waals surface area contributed by atoms with E-state index in [2.05, 4.69) is 25.3 Å². The van der Waals surface area contributed by atoms with Crippen molar-refractivity contribution in [3.63, 3.8) is 0 Å². The Hall–Kier alpha value is -1.62. The minimum Gasteiger partial charge on any atom is -0.462 e. The fourth-order valence-corrected chi connectivity index (χ4v) is 7.47. The van der Waals surface area contributed by atoms with E-state index < -0.39 is 44.7 Å². The van der Waals surface area contributed by atoms with Crippen LogP contribution in [0.15, 0.2) is 12.2 Å². The number of aliphatic hydroxyl groups is 2. The molecule has 1 rings (SSSR count). The number of ketones is 1. The quantitative estimate of drug-likeness (QED) is 0.0208. The maximum Gasteiger partial charge on any atom is 0.469 e. The fourth-order valence-electron chi connectivity index (χ4n) is 7.11. The van der Waals surface area contributed by atoms with Gasteiger partial charge in [-0.15, -0.1) is 0 Å². The molecule has 0 amide bonds. The molecule has 5 atom stereocenters. The average molecular weight is 789 g/mol. The van der Waals surface area contributed by atoms with E-state index in [9.17, 15) is 29.2 Å². The maximum absolute atomic E-state index is 12.5. The molecular formula is C42H77O11P. The maximum atomic E-state index is 12.5. The van der Waals surface area contributed by atoms with Gasteiger partial charge in [-0.3, -0.25) is 18.9 Å². The van der Waals surface area contributed by atoms with Crippen molar-refractivity contribution in [2.45, 2.75) is 206 Å². The zero-order valence-electron chi connectivity index (χ0n) is 34.0. The molecule has 54 heavy (non-hydrogen) atoms. The van der Waals surface area contributed by atoms with Gasteiger partial charge in [0.15, 0.2) is 6.10 Å². The van der Waals surface area contributed by atoms with Crippen LogP contribution in [-0.4, -0.2) is 69.2 Å². The van der Waals surface area contributed by atoms with Crippen molar-refractivity contribution in [2.24, 2.45) is 17.8 Å². The Balaban J connectivity index is 2.24. The summed E-state index contributed by atoms with van der Waals surface area (Å²) in [4.78, 5) is 55.5. The van der Waals surface area contributed by atoms with Crippen molar-refractivity contribution in [1.29, 1.82) is 0 Å². The molecule has 11 nitrogen and oxygen atoms in total. The molecule has 0 aliphatic heterocycles. The van der Waals surface area contributed by atoms with Crippen LogP contribution in [0.4, 0.5) is 0 Å². The van der Waals surface area contributed by atoms with Gasteiger partial charge in [-0.25, -0.2) is 4.57 Å². The lowest BCUT2D eigenvalue weighted by Gasteiger charge is -2.19. The first-order chi connectivity index (χ1) is 25.8. The monoisotopic (exact) mass is 789 g/mol. The summed E-state index contributed by atoms with van der Waals surface area (Å²) in [7, 11) is -4.81. The smallest absolute Gasteiger partial charge is 0.462 e. The fraction of sp³-hybridized carbons (Fsp3) is 0.881. The first-order valence-electron chi connectivity index (χ1n) is 21.4. The number of carbonyl (C=O) groups is 3. The summed E-state index contributed by atoms with van der Waals surface area (Å²) >= 11 is 0. The van der Waals surface area contributed by atoms with Crippen molar-refractivity contribution in [1.82, 2.24) is 0 Å². The van der Waals surface area contributed by atoms with Crippen LogP contribution in [0.25, 0.3) is 0 Å². The van der Waals surface area contributed by atoms with Crippen molar-refractivity contribution in [2.75, 3.05) is 13.2 Å². The Kier molecular flexibility index (Phi) is 29.4. The van der Waals surface area contributed by atoms with E-state index >= 15 is 0 Å². The number of rotatable bonds is 35. The molecule has 0 spiro atoms. The van der Waals surface area contributed by atoms with Gasteiger partial charge in [0.2, 0.25) is 0 Å². The third kappa shape index (κ3) is 27.9. The molecule has 1 aliphatic carbocycles. The lowest BCUT2D eigenvalue weighted by molar-refractivity contribution is -0.161. The number of Topliss-reactive ketones (excluding diaryl/α,β-unsaturated/α-hetero) is 1. The van der Waals surface area contributed by atoms with Crippen molar-refractivity contribution in [3.8, 4) is 0 Å². The van der Waals surface area contributed by atoms with Crippen LogP contribution >= 0.6 is 7.82 Å². The number of aliphatic hydroxyl groups excluding tert-OH is 2. The SMILES string of the molecule is CCCCC[C@H](O)/C=C/[C@H]1C(=O)C[C@H](O)[C@@H]1CCCCCCC(=O)OC[C@H](COP(=O)(O)O)OC(=O)CCCCCCCCCCCCCCCC(C)C. The highest BCUT2D eigenvalue weighted by molar-refractivity contribution is 7.46. The van der Waals surface area contributed by atoms with Gasteiger partial charge in [-0.1, -0.05) is 155 Å². The summed E-state index contributed by atoms with van der Waals surface area (Å²) < 4.78 is 26.4. The van der Waals surface area contributed by atoms with E-state index in [0.29, 0.717) is 25.7 Å². The van der Waals surface area contributed by atoms with Gasteiger partial charge in [-0.05, 0) is 37.5 Å². The lowest BCUT2D eigenvalue weighted by atomic mass is 9.88. The highest BCUT2D eigenvalue weighted by Gasteiger charge is 2.39. The number of unbranched alkanes of at least 4 members (excludes halogenated alkanes) is 17. The Bertz CT molecular complexity index is 1060. The number of hydrogen-bond donors (Lipinski definition) is 4. The summed E-state index contributed by atoms with van der Waals surface area (Å²) in [5, 5.41) is 20.7. The first kappa shape index (κ1) is 50.4. The molecule has 0 aromatic rings. The minimum absolute atomic E-state index is 0.00212. The van der Waals surface area contributed by atoms with E-state index in [1.807, 2.05) is 0 Å². The number of phosphoric acid groups is 1. The summed E-state index contributed by atoms with van der Waals surface area (Å²) in [6, 6.07) is 0. The van der Waals surface area contributed by atoms with Gasteiger partial charge in [0.1, 0.15) is 12.4 Å². The van der Waals surface area contributed by atoms with Crippen LogP contribution in [0.3, 0.4) is 0 Å².